The van der Waals surface area contributed by atoms with E-state index < -0.39 is 0 Å². The molecule has 4 nitrogen and oxygen atoms in total. The van der Waals surface area contributed by atoms with E-state index in [-0.39, 0.29) is 5.75 Å². The summed E-state index contributed by atoms with van der Waals surface area (Å²) in [6, 6.07) is 10.7. The molecule has 19 heavy (non-hydrogen) atoms. The van der Waals surface area contributed by atoms with Gasteiger partial charge in [-0.2, -0.15) is 0 Å². The van der Waals surface area contributed by atoms with Crippen molar-refractivity contribution in [2.24, 2.45) is 0 Å². The maximum absolute atomic E-state index is 10.7. The first-order valence-corrected chi connectivity index (χ1v) is 5.96. The first kappa shape index (κ1) is 11.5. The molecule has 1 aromatic carbocycles. The molecule has 0 aliphatic rings. The van der Waals surface area contributed by atoms with Crippen LogP contribution in [0.5, 0.6) is 5.75 Å². The number of imidazole rings is 1. The van der Waals surface area contributed by atoms with Gasteiger partial charge in [0, 0.05) is 24.4 Å². The number of phenols is 1. The van der Waals surface area contributed by atoms with Gasteiger partial charge in [0.1, 0.15) is 17.7 Å². The zero-order valence-corrected chi connectivity index (χ0v) is 10.2. The van der Waals surface area contributed by atoms with E-state index in [1.807, 2.05) is 22.7 Å². The maximum atomic E-state index is 10.7. The van der Waals surface area contributed by atoms with Crippen molar-refractivity contribution in [2.75, 3.05) is 0 Å². The number of pyridine rings is 1. The molecule has 0 amide bonds. The van der Waals surface area contributed by atoms with Crippen molar-refractivity contribution in [3.05, 3.63) is 65.6 Å². The summed E-state index contributed by atoms with van der Waals surface area (Å²) < 4.78 is 1.86. The van der Waals surface area contributed by atoms with Gasteiger partial charge in [-0.25, -0.2) is 4.98 Å². The van der Waals surface area contributed by atoms with Crippen molar-refractivity contribution in [1.29, 1.82) is 0 Å². The Labute approximate surface area is 110 Å². The highest BCUT2D eigenvalue weighted by Crippen LogP contribution is 2.19. The summed E-state index contributed by atoms with van der Waals surface area (Å²) in [5.74, 6) is 0.271. The van der Waals surface area contributed by atoms with E-state index in [2.05, 4.69) is 4.98 Å². The van der Waals surface area contributed by atoms with E-state index in [1.54, 1.807) is 30.5 Å². The van der Waals surface area contributed by atoms with E-state index in [0.29, 0.717) is 12.0 Å². The Balaban J connectivity index is 1.98. The molecule has 2 aromatic heterocycles. The number of para-hydroxylation sites is 1. The zero-order valence-electron chi connectivity index (χ0n) is 10.2. The van der Waals surface area contributed by atoms with Crippen LogP contribution in [-0.4, -0.2) is 20.8 Å². The lowest BCUT2D eigenvalue weighted by Crippen LogP contribution is -1.88. The van der Waals surface area contributed by atoms with Crippen molar-refractivity contribution < 1.29 is 9.90 Å². The van der Waals surface area contributed by atoms with Gasteiger partial charge in [-0.05, 0) is 23.8 Å². The van der Waals surface area contributed by atoms with Gasteiger partial charge in [0.05, 0.1) is 5.69 Å². The number of carbonyl (C=O) groups is 1. The average Bonchev–Trinajstić information content (AvgIpc) is 2.82. The van der Waals surface area contributed by atoms with Crippen LogP contribution < -0.4 is 0 Å². The maximum Gasteiger partial charge on any atom is 0.150 e. The van der Waals surface area contributed by atoms with Crippen LogP contribution in [0.2, 0.25) is 0 Å². The molecule has 0 spiro atoms. The Morgan fingerprint density at radius 2 is 2.11 bits per heavy atom. The van der Waals surface area contributed by atoms with Crippen molar-refractivity contribution >= 4 is 11.9 Å². The molecule has 94 valence electrons. The van der Waals surface area contributed by atoms with Gasteiger partial charge >= 0.3 is 0 Å². The van der Waals surface area contributed by atoms with Gasteiger partial charge in [0.15, 0.2) is 0 Å². The standard InChI is InChI=1S/C15H12N2O2/c18-10-11-5-6-17-9-13(16-15(17)7-11)8-12-3-1-2-4-14(12)19/h1-7,9-10,19H,8H2. The van der Waals surface area contributed by atoms with Crippen LogP contribution in [-0.2, 0) is 6.42 Å². The lowest BCUT2D eigenvalue weighted by atomic mass is 10.1. The molecule has 2 heterocycles. The highest BCUT2D eigenvalue weighted by atomic mass is 16.3. The first-order valence-electron chi connectivity index (χ1n) is 5.96. The van der Waals surface area contributed by atoms with Crippen LogP contribution in [0.3, 0.4) is 0 Å². The number of aromatic hydroxyl groups is 1. The quantitative estimate of drug-likeness (QED) is 0.728. The largest absolute Gasteiger partial charge is 0.508 e. The van der Waals surface area contributed by atoms with E-state index in [4.69, 9.17) is 0 Å². The molecule has 1 N–H and O–H groups in total. The minimum absolute atomic E-state index is 0.271. The molecule has 0 saturated carbocycles. The van der Waals surface area contributed by atoms with Gasteiger partial charge < -0.3 is 9.51 Å². The highest BCUT2D eigenvalue weighted by Gasteiger charge is 2.06. The number of rotatable bonds is 3. The summed E-state index contributed by atoms with van der Waals surface area (Å²) in [6.45, 7) is 0. The van der Waals surface area contributed by atoms with Crippen molar-refractivity contribution in [2.45, 2.75) is 6.42 Å². The number of carbonyl (C=O) groups excluding carboxylic acids is 1. The molecule has 0 aliphatic carbocycles. The number of nitrogens with zero attached hydrogens (tertiary/aromatic N) is 2. The Morgan fingerprint density at radius 3 is 2.89 bits per heavy atom. The summed E-state index contributed by atoms with van der Waals surface area (Å²) in [5.41, 5.74) is 3.02. The Kier molecular flexibility index (Phi) is 2.76. The minimum Gasteiger partial charge on any atom is -0.508 e. The fourth-order valence-electron chi connectivity index (χ4n) is 2.06. The summed E-state index contributed by atoms with van der Waals surface area (Å²) in [6.07, 6.45) is 5.07. The van der Waals surface area contributed by atoms with Crippen LogP contribution in [0.4, 0.5) is 0 Å². The lowest BCUT2D eigenvalue weighted by molar-refractivity contribution is 0.112. The number of benzene rings is 1. The number of aldehydes is 1. The second kappa shape index (κ2) is 4.57. The fourth-order valence-corrected chi connectivity index (χ4v) is 2.06. The molecule has 0 bridgehead atoms. The van der Waals surface area contributed by atoms with Crippen LogP contribution in [0.1, 0.15) is 21.6 Å². The Morgan fingerprint density at radius 1 is 1.26 bits per heavy atom. The predicted molar refractivity (Wildman–Crippen MR) is 71.5 cm³/mol. The van der Waals surface area contributed by atoms with Crippen molar-refractivity contribution in [3.63, 3.8) is 0 Å². The van der Waals surface area contributed by atoms with Crippen LogP contribution in [0.15, 0.2) is 48.8 Å². The van der Waals surface area contributed by atoms with Gasteiger partial charge in [0.2, 0.25) is 0 Å². The number of phenolic OH excluding ortho intramolecular Hbond substituents is 1. The molecule has 3 aromatic rings. The van der Waals surface area contributed by atoms with Crippen LogP contribution >= 0.6 is 0 Å². The predicted octanol–water partition coefficient (Wildman–Crippen LogP) is 2.44. The van der Waals surface area contributed by atoms with Crippen molar-refractivity contribution in [3.8, 4) is 5.75 Å². The van der Waals surface area contributed by atoms with E-state index in [9.17, 15) is 9.90 Å². The molecule has 0 saturated heterocycles. The molecule has 0 atom stereocenters. The fraction of sp³-hybridized carbons (Fsp3) is 0.0667. The van der Waals surface area contributed by atoms with Gasteiger partial charge in [-0.3, -0.25) is 4.79 Å². The highest BCUT2D eigenvalue weighted by molar-refractivity contribution is 5.76. The number of fused-ring (bicyclic) bond motifs is 1. The van der Waals surface area contributed by atoms with Crippen molar-refractivity contribution in [1.82, 2.24) is 9.38 Å². The molecule has 0 radical (unpaired) electrons. The zero-order chi connectivity index (χ0) is 13.2. The van der Waals surface area contributed by atoms with E-state index in [0.717, 1.165) is 23.2 Å². The third-order valence-electron chi connectivity index (χ3n) is 3.03. The van der Waals surface area contributed by atoms with Gasteiger partial charge in [0.25, 0.3) is 0 Å². The minimum atomic E-state index is 0.271. The third-order valence-corrected chi connectivity index (χ3v) is 3.03. The number of aromatic nitrogens is 2. The number of hydrogen-bond donors (Lipinski definition) is 1. The first-order chi connectivity index (χ1) is 9.26. The monoisotopic (exact) mass is 252 g/mol. The Hall–Kier alpha value is -2.62. The SMILES string of the molecule is O=Cc1ccn2cc(Cc3ccccc3O)nc2c1. The summed E-state index contributed by atoms with van der Waals surface area (Å²) >= 11 is 0. The van der Waals surface area contributed by atoms with Gasteiger partial charge in [-0.15, -0.1) is 0 Å². The third kappa shape index (κ3) is 2.20. The van der Waals surface area contributed by atoms with E-state index in [1.165, 1.54) is 0 Å². The topological polar surface area (TPSA) is 54.6 Å². The molecule has 3 rings (SSSR count). The molecular weight excluding hydrogens is 240 g/mol. The average molecular weight is 252 g/mol. The molecule has 0 aliphatic heterocycles. The molecule has 0 fully saturated rings. The smallest absolute Gasteiger partial charge is 0.150 e. The molecule has 0 unspecified atom stereocenters. The molecular formula is C15H12N2O2. The van der Waals surface area contributed by atoms with Gasteiger partial charge in [-0.1, -0.05) is 18.2 Å². The second-order valence-electron chi connectivity index (χ2n) is 4.38. The summed E-state index contributed by atoms with van der Waals surface area (Å²) in [7, 11) is 0. The van der Waals surface area contributed by atoms with Crippen LogP contribution in [0.25, 0.3) is 5.65 Å². The summed E-state index contributed by atoms with van der Waals surface area (Å²) in [5, 5.41) is 9.75. The van der Waals surface area contributed by atoms with Crippen LogP contribution in [0, 0.1) is 0 Å². The second-order valence-corrected chi connectivity index (χ2v) is 4.38. The Bertz CT molecular complexity index is 747. The normalized spacial score (nSPS) is 10.7. The van der Waals surface area contributed by atoms with E-state index >= 15 is 0 Å². The number of hydrogen-bond acceptors (Lipinski definition) is 3. The summed E-state index contributed by atoms with van der Waals surface area (Å²) in [4.78, 5) is 15.2. The molecule has 4 heteroatoms. The lowest BCUT2D eigenvalue weighted by Gasteiger charge is -2.00.